The van der Waals surface area contributed by atoms with Crippen LogP contribution in [0, 0.1) is 0 Å². The molecule has 0 bridgehead atoms. The third kappa shape index (κ3) is 3.81. The van der Waals surface area contributed by atoms with E-state index in [-0.39, 0.29) is 0 Å². The Bertz CT molecular complexity index is 542. The molecule has 2 aromatic rings. The van der Waals surface area contributed by atoms with Gasteiger partial charge in [0.15, 0.2) is 0 Å². The van der Waals surface area contributed by atoms with Crippen LogP contribution in [0.25, 0.3) is 0 Å². The van der Waals surface area contributed by atoms with Crippen molar-refractivity contribution in [3.05, 3.63) is 52.8 Å². The molecule has 0 aliphatic heterocycles. The zero-order chi connectivity index (χ0) is 14.4. The summed E-state index contributed by atoms with van der Waals surface area (Å²) in [6, 6.07) is 12.1. The first-order valence-electron chi connectivity index (χ1n) is 6.86. The maximum atomic E-state index is 5.81. The molecule has 1 heterocycles. The lowest BCUT2D eigenvalue weighted by atomic mass is 10.1. The van der Waals surface area contributed by atoms with Gasteiger partial charge in [0, 0.05) is 6.04 Å². The van der Waals surface area contributed by atoms with E-state index in [4.69, 9.17) is 4.74 Å². The standard InChI is InChI=1S/C16H19BrN2O/c1-3-14(18-4-2)15-10-9-12(11-19-15)20-16-8-6-5-7-13(16)17/h5-11,14,18H,3-4H2,1-2H3. The quantitative estimate of drug-likeness (QED) is 0.831. The lowest BCUT2D eigenvalue weighted by Gasteiger charge is -2.15. The Kier molecular flexibility index (Phi) is 5.56. The third-order valence-electron chi connectivity index (χ3n) is 3.04. The van der Waals surface area contributed by atoms with Crippen LogP contribution in [0.5, 0.6) is 11.5 Å². The Morgan fingerprint density at radius 3 is 2.60 bits per heavy atom. The number of halogens is 1. The van der Waals surface area contributed by atoms with Crippen molar-refractivity contribution >= 4 is 15.9 Å². The highest BCUT2D eigenvalue weighted by Gasteiger charge is 2.09. The molecule has 0 amide bonds. The molecule has 1 N–H and O–H groups in total. The molecule has 20 heavy (non-hydrogen) atoms. The van der Waals surface area contributed by atoms with Crippen LogP contribution in [-0.2, 0) is 0 Å². The zero-order valence-electron chi connectivity index (χ0n) is 11.8. The van der Waals surface area contributed by atoms with Crippen molar-refractivity contribution in [3.63, 3.8) is 0 Å². The molecule has 106 valence electrons. The minimum Gasteiger partial charge on any atom is -0.455 e. The summed E-state index contributed by atoms with van der Waals surface area (Å²) in [6.45, 7) is 5.20. The average Bonchev–Trinajstić information content (AvgIpc) is 2.48. The molecule has 1 aromatic carbocycles. The van der Waals surface area contributed by atoms with Crippen molar-refractivity contribution in [3.8, 4) is 11.5 Å². The van der Waals surface area contributed by atoms with Gasteiger partial charge in [-0.05, 0) is 53.2 Å². The molecule has 2 rings (SSSR count). The van der Waals surface area contributed by atoms with Crippen molar-refractivity contribution < 1.29 is 4.74 Å². The van der Waals surface area contributed by atoms with Gasteiger partial charge in [-0.1, -0.05) is 26.0 Å². The first kappa shape index (κ1) is 15.0. The van der Waals surface area contributed by atoms with Crippen LogP contribution in [0.1, 0.15) is 32.0 Å². The molecular formula is C16H19BrN2O. The van der Waals surface area contributed by atoms with Crippen molar-refractivity contribution in [2.75, 3.05) is 6.54 Å². The first-order chi connectivity index (χ1) is 9.74. The van der Waals surface area contributed by atoms with E-state index >= 15 is 0 Å². The van der Waals surface area contributed by atoms with Crippen LogP contribution in [0.15, 0.2) is 47.1 Å². The highest BCUT2D eigenvalue weighted by molar-refractivity contribution is 9.10. The lowest BCUT2D eigenvalue weighted by Crippen LogP contribution is -2.20. The second kappa shape index (κ2) is 7.41. The van der Waals surface area contributed by atoms with E-state index in [0.717, 1.165) is 34.6 Å². The lowest BCUT2D eigenvalue weighted by molar-refractivity contribution is 0.473. The third-order valence-corrected chi connectivity index (χ3v) is 3.69. The fourth-order valence-corrected chi connectivity index (χ4v) is 2.38. The smallest absolute Gasteiger partial charge is 0.145 e. The van der Waals surface area contributed by atoms with Gasteiger partial charge in [-0.15, -0.1) is 0 Å². The fraction of sp³-hybridized carbons (Fsp3) is 0.312. The van der Waals surface area contributed by atoms with Crippen molar-refractivity contribution in [1.29, 1.82) is 0 Å². The number of hydrogen-bond acceptors (Lipinski definition) is 3. The second-order valence-corrected chi connectivity index (χ2v) is 5.32. The monoisotopic (exact) mass is 334 g/mol. The van der Waals surface area contributed by atoms with E-state index in [0.29, 0.717) is 6.04 Å². The summed E-state index contributed by atoms with van der Waals surface area (Å²) in [7, 11) is 0. The van der Waals surface area contributed by atoms with Gasteiger partial charge in [-0.3, -0.25) is 4.98 Å². The average molecular weight is 335 g/mol. The Balaban J connectivity index is 2.10. The largest absolute Gasteiger partial charge is 0.455 e. The molecule has 3 nitrogen and oxygen atoms in total. The summed E-state index contributed by atoms with van der Waals surface area (Å²) < 4.78 is 6.74. The van der Waals surface area contributed by atoms with Gasteiger partial charge in [0.25, 0.3) is 0 Å². The molecule has 1 atom stereocenters. The summed E-state index contributed by atoms with van der Waals surface area (Å²) in [4.78, 5) is 4.49. The highest BCUT2D eigenvalue weighted by Crippen LogP contribution is 2.29. The molecule has 1 aromatic heterocycles. The molecule has 1 unspecified atom stereocenters. The van der Waals surface area contributed by atoms with E-state index in [1.807, 2.05) is 36.4 Å². The summed E-state index contributed by atoms with van der Waals surface area (Å²) in [5, 5.41) is 3.42. The maximum Gasteiger partial charge on any atom is 0.145 e. The molecule has 0 aliphatic carbocycles. The van der Waals surface area contributed by atoms with Gasteiger partial charge >= 0.3 is 0 Å². The summed E-state index contributed by atoms with van der Waals surface area (Å²) >= 11 is 3.47. The number of ether oxygens (including phenoxy) is 1. The van der Waals surface area contributed by atoms with Gasteiger partial charge in [-0.25, -0.2) is 0 Å². The van der Waals surface area contributed by atoms with Crippen LogP contribution in [0.3, 0.4) is 0 Å². The number of benzene rings is 1. The Morgan fingerprint density at radius 2 is 2.00 bits per heavy atom. The predicted molar refractivity (Wildman–Crippen MR) is 85.2 cm³/mol. The molecule has 0 saturated carbocycles. The fourth-order valence-electron chi connectivity index (χ4n) is 2.02. The first-order valence-corrected chi connectivity index (χ1v) is 7.65. The summed E-state index contributed by atoms with van der Waals surface area (Å²) in [6.07, 6.45) is 2.79. The van der Waals surface area contributed by atoms with Crippen LogP contribution >= 0.6 is 15.9 Å². The van der Waals surface area contributed by atoms with Gasteiger partial charge in [0.2, 0.25) is 0 Å². The molecule has 0 radical (unpaired) electrons. The normalized spacial score (nSPS) is 12.2. The summed E-state index contributed by atoms with van der Waals surface area (Å²) in [5.41, 5.74) is 1.05. The van der Waals surface area contributed by atoms with Gasteiger partial charge in [0.05, 0.1) is 16.4 Å². The van der Waals surface area contributed by atoms with Crippen molar-refractivity contribution in [2.24, 2.45) is 0 Å². The van der Waals surface area contributed by atoms with Gasteiger partial charge in [-0.2, -0.15) is 0 Å². The van der Waals surface area contributed by atoms with E-state index in [9.17, 15) is 0 Å². The number of nitrogens with one attached hydrogen (secondary N) is 1. The van der Waals surface area contributed by atoms with Crippen LogP contribution in [0.2, 0.25) is 0 Å². The van der Waals surface area contributed by atoms with E-state index in [1.54, 1.807) is 6.20 Å². The number of para-hydroxylation sites is 1. The van der Waals surface area contributed by atoms with E-state index in [1.165, 1.54) is 0 Å². The molecule has 0 saturated heterocycles. The Hall–Kier alpha value is -1.39. The summed E-state index contributed by atoms with van der Waals surface area (Å²) in [5.74, 6) is 1.53. The van der Waals surface area contributed by atoms with E-state index < -0.39 is 0 Å². The molecule has 0 spiro atoms. The minimum absolute atomic E-state index is 0.303. The Morgan fingerprint density at radius 1 is 1.20 bits per heavy atom. The SMILES string of the molecule is CCNC(CC)c1ccc(Oc2ccccc2Br)cn1. The van der Waals surface area contributed by atoms with Crippen molar-refractivity contribution in [2.45, 2.75) is 26.3 Å². The number of pyridine rings is 1. The van der Waals surface area contributed by atoms with Crippen LogP contribution in [0.4, 0.5) is 0 Å². The highest BCUT2D eigenvalue weighted by atomic mass is 79.9. The van der Waals surface area contributed by atoms with Gasteiger partial charge < -0.3 is 10.1 Å². The topological polar surface area (TPSA) is 34.1 Å². The number of rotatable bonds is 6. The van der Waals surface area contributed by atoms with Crippen molar-refractivity contribution in [1.82, 2.24) is 10.3 Å². The molecular weight excluding hydrogens is 316 g/mol. The van der Waals surface area contributed by atoms with E-state index in [2.05, 4.69) is 40.1 Å². The van der Waals surface area contributed by atoms with Crippen LogP contribution in [-0.4, -0.2) is 11.5 Å². The number of aromatic nitrogens is 1. The molecule has 0 fully saturated rings. The maximum absolute atomic E-state index is 5.81. The number of nitrogens with zero attached hydrogens (tertiary/aromatic N) is 1. The second-order valence-electron chi connectivity index (χ2n) is 4.47. The van der Waals surface area contributed by atoms with Crippen LogP contribution < -0.4 is 10.1 Å². The number of hydrogen-bond donors (Lipinski definition) is 1. The minimum atomic E-state index is 0.303. The zero-order valence-corrected chi connectivity index (χ0v) is 13.4. The van der Waals surface area contributed by atoms with Gasteiger partial charge in [0.1, 0.15) is 11.5 Å². The molecule has 0 aliphatic rings. The Labute approximate surface area is 128 Å². The molecule has 4 heteroatoms. The predicted octanol–water partition coefficient (Wildman–Crippen LogP) is 4.70.